The molecule has 1 saturated heterocycles. The fourth-order valence-electron chi connectivity index (χ4n) is 3.27. The van der Waals surface area contributed by atoms with Gasteiger partial charge in [-0.1, -0.05) is 12.1 Å². The minimum atomic E-state index is -0.302. The van der Waals surface area contributed by atoms with E-state index in [1.807, 2.05) is 4.90 Å². The van der Waals surface area contributed by atoms with Crippen LogP contribution in [0.1, 0.15) is 43.6 Å². The Labute approximate surface area is 136 Å². The molecule has 1 aliphatic carbocycles. The number of carbonyl (C=O) groups is 2. The molecule has 1 aromatic carbocycles. The van der Waals surface area contributed by atoms with E-state index in [9.17, 15) is 14.0 Å². The highest BCUT2D eigenvalue weighted by Gasteiger charge is 2.37. The van der Waals surface area contributed by atoms with Gasteiger partial charge < -0.3 is 10.2 Å². The second-order valence-corrected chi connectivity index (χ2v) is 6.53. The van der Waals surface area contributed by atoms with E-state index in [0.29, 0.717) is 5.92 Å². The van der Waals surface area contributed by atoms with Gasteiger partial charge in [0.15, 0.2) is 0 Å². The lowest BCUT2D eigenvalue weighted by molar-refractivity contribution is -0.134. The van der Waals surface area contributed by atoms with Crippen molar-refractivity contribution < 1.29 is 14.0 Å². The normalized spacial score (nSPS) is 19.3. The van der Waals surface area contributed by atoms with Crippen molar-refractivity contribution >= 4 is 11.8 Å². The van der Waals surface area contributed by atoms with Crippen molar-refractivity contribution in [3.63, 3.8) is 0 Å². The minimum Gasteiger partial charge on any atom is -0.346 e. The highest BCUT2D eigenvalue weighted by atomic mass is 19.1. The number of amides is 2. The first kappa shape index (κ1) is 16.0. The molecule has 0 radical (unpaired) electrons. The summed E-state index contributed by atoms with van der Waals surface area (Å²) >= 11 is 0. The average molecular weight is 318 g/mol. The van der Waals surface area contributed by atoms with Gasteiger partial charge >= 0.3 is 0 Å². The number of nitrogens with one attached hydrogen (secondary N) is 1. The van der Waals surface area contributed by atoms with Crippen LogP contribution in [0.4, 0.5) is 4.39 Å². The second kappa shape index (κ2) is 7.11. The number of piperidine rings is 1. The molecule has 0 aromatic heterocycles. The molecular weight excluding hydrogens is 295 g/mol. The van der Waals surface area contributed by atoms with Gasteiger partial charge in [0.1, 0.15) is 5.82 Å². The van der Waals surface area contributed by atoms with Crippen LogP contribution < -0.4 is 5.32 Å². The van der Waals surface area contributed by atoms with E-state index >= 15 is 0 Å². The van der Waals surface area contributed by atoms with Gasteiger partial charge in [-0.15, -0.1) is 0 Å². The zero-order valence-electron chi connectivity index (χ0n) is 13.3. The summed E-state index contributed by atoms with van der Waals surface area (Å²) in [6, 6.07) is 6.11. The Balaban J connectivity index is 1.58. The quantitative estimate of drug-likeness (QED) is 0.906. The minimum absolute atomic E-state index is 0.00768. The molecule has 4 nitrogen and oxygen atoms in total. The van der Waals surface area contributed by atoms with Crippen molar-refractivity contribution in [2.24, 2.45) is 5.92 Å². The Kier molecular flexibility index (Phi) is 4.94. The predicted octanol–water partition coefficient (Wildman–Crippen LogP) is 2.45. The SMILES string of the molecule is O=C(NCC(=O)N1CCCCC1)C(c1ccc(F)cc1)C1CC1. The smallest absolute Gasteiger partial charge is 0.241 e. The molecule has 1 heterocycles. The van der Waals surface area contributed by atoms with Gasteiger partial charge in [-0.05, 0) is 55.7 Å². The number of likely N-dealkylation sites (tertiary alicyclic amines) is 1. The maximum absolute atomic E-state index is 13.1. The van der Waals surface area contributed by atoms with Crippen molar-refractivity contribution in [3.05, 3.63) is 35.6 Å². The van der Waals surface area contributed by atoms with Crippen molar-refractivity contribution in [1.82, 2.24) is 10.2 Å². The fraction of sp³-hybridized carbons (Fsp3) is 0.556. The summed E-state index contributed by atoms with van der Waals surface area (Å²) in [5, 5.41) is 2.79. The van der Waals surface area contributed by atoms with Crippen LogP contribution in [0, 0.1) is 11.7 Å². The summed E-state index contributed by atoms with van der Waals surface area (Å²) in [6.07, 6.45) is 5.27. The first-order valence-corrected chi connectivity index (χ1v) is 8.46. The molecule has 5 heteroatoms. The third kappa shape index (κ3) is 4.09. The van der Waals surface area contributed by atoms with Crippen LogP contribution in [-0.2, 0) is 9.59 Å². The third-order valence-electron chi connectivity index (χ3n) is 4.73. The van der Waals surface area contributed by atoms with Gasteiger partial charge in [0.25, 0.3) is 0 Å². The number of nitrogens with zero attached hydrogens (tertiary/aromatic N) is 1. The van der Waals surface area contributed by atoms with Crippen LogP contribution in [0.15, 0.2) is 24.3 Å². The highest BCUT2D eigenvalue weighted by molar-refractivity contribution is 5.89. The van der Waals surface area contributed by atoms with Crippen LogP contribution in [0.25, 0.3) is 0 Å². The lowest BCUT2D eigenvalue weighted by Crippen LogP contribution is -2.43. The van der Waals surface area contributed by atoms with Crippen molar-refractivity contribution in [2.45, 2.75) is 38.0 Å². The van der Waals surface area contributed by atoms with E-state index in [0.717, 1.165) is 44.3 Å². The molecule has 23 heavy (non-hydrogen) atoms. The Hall–Kier alpha value is -1.91. The molecule has 124 valence electrons. The third-order valence-corrected chi connectivity index (χ3v) is 4.73. The molecular formula is C18H23FN2O2. The van der Waals surface area contributed by atoms with Crippen molar-refractivity contribution in [1.29, 1.82) is 0 Å². The largest absolute Gasteiger partial charge is 0.346 e. The molecule has 2 amide bonds. The molecule has 0 bridgehead atoms. The maximum Gasteiger partial charge on any atom is 0.241 e. The first-order chi connectivity index (χ1) is 11.1. The predicted molar refractivity (Wildman–Crippen MR) is 85.3 cm³/mol. The van der Waals surface area contributed by atoms with Crippen LogP contribution in [-0.4, -0.2) is 36.3 Å². The summed E-state index contributed by atoms with van der Waals surface area (Å²) in [6.45, 7) is 1.64. The van der Waals surface area contributed by atoms with Crippen LogP contribution in [0.5, 0.6) is 0 Å². The molecule has 1 saturated carbocycles. The van der Waals surface area contributed by atoms with Gasteiger partial charge in [-0.3, -0.25) is 9.59 Å². The van der Waals surface area contributed by atoms with E-state index in [-0.39, 0.29) is 30.1 Å². The summed E-state index contributed by atoms with van der Waals surface area (Å²) in [7, 11) is 0. The molecule has 2 aliphatic rings. The molecule has 1 N–H and O–H groups in total. The number of benzene rings is 1. The number of carbonyl (C=O) groups excluding carboxylic acids is 2. The maximum atomic E-state index is 13.1. The molecule has 0 spiro atoms. The topological polar surface area (TPSA) is 49.4 Å². The Morgan fingerprint density at radius 2 is 1.78 bits per heavy atom. The highest BCUT2D eigenvalue weighted by Crippen LogP contribution is 2.42. The van der Waals surface area contributed by atoms with Gasteiger partial charge in [0.05, 0.1) is 12.5 Å². The number of halogens is 1. The monoisotopic (exact) mass is 318 g/mol. The Morgan fingerprint density at radius 1 is 1.13 bits per heavy atom. The first-order valence-electron chi connectivity index (χ1n) is 8.46. The van der Waals surface area contributed by atoms with Crippen LogP contribution in [0.2, 0.25) is 0 Å². The summed E-state index contributed by atoms with van der Waals surface area (Å²) in [5.74, 6) is -0.393. The zero-order chi connectivity index (χ0) is 16.2. The lowest BCUT2D eigenvalue weighted by atomic mass is 9.93. The molecule has 1 atom stereocenters. The summed E-state index contributed by atoms with van der Waals surface area (Å²) < 4.78 is 13.1. The van der Waals surface area contributed by atoms with Crippen LogP contribution in [0.3, 0.4) is 0 Å². The molecule has 1 aromatic rings. The standard InChI is InChI=1S/C18H23FN2O2/c19-15-8-6-14(7-9-15)17(13-4-5-13)18(23)20-12-16(22)21-10-2-1-3-11-21/h6-9,13,17H,1-5,10-12H2,(H,20,23). The number of hydrogen-bond acceptors (Lipinski definition) is 2. The van der Waals surface area contributed by atoms with Gasteiger partial charge in [0.2, 0.25) is 11.8 Å². The fourth-order valence-corrected chi connectivity index (χ4v) is 3.27. The number of rotatable bonds is 5. The Bertz CT molecular complexity index is 563. The molecule has 3 rings (SSSR count). The van der Waals surface area contributed by atoms with E-state index in [4.69, 9.17) is 0 Å². The van der Waals surface area contributed by atoms with Crippen molar-refractivity contribution in [3.8, 4) is 0 Å². The zero-order valence-corrected chi connectivity index (χ0v) is 13.3. The molecule has 1 unspecified atom stereocenters. The molecule has 1 aliphatic heterocycles. The van der Waals surface area contributed by atoms with Crippen LogP contribution >= 0.6 is 0 Å². The summed E-state index contributed by atoms with van der Waals surface area (Å²) in [5.41, 5.74) is 0.830. The van der Waals surface area contributed by atoms with E-state index < -0.39 is 0 Å². The second-order valence-electron chi connectivity index (χ2n) is 6.53. The lowest BCUT2D eigenvalue weighted by Gasteiger charge is -2.27. The molecule has 2 fully saturated rings. The summed E-state index contributed by atoms with van der Waals surface area (Å²) in [4.78, 5) is 26.5. The van der Waals surface area contributed by atoms with E-state index in [1.54, 1.807) is 12.1 Å². The van der Waals surface area contributed by atoms with E-state index in [1.165, 1.54) is 18.6 Å². The average Bonchev–Trinajstić information content (AvgIpc) is 3.40. The van der Waals surface area contributed by atoms with Gasteiger partial charge in [-0.2, -0.15) is 0 Å². The van der Waals surface area contributed by atoms with E-state index in [2.05, 4.69) is 5.32 Å². The van der Waals surface area contributed by atoms with Crippen molar-refractivity contribution in [2.75, 3.05) is 19.6 Å². The van der Waals surface area contributed by atoms with Gasteiger partial charge in [-0.25, -0.2) is 4.39 Å². The Morgan fingerprint density at radius 3 is 2.39 bits per heavy atom. The van der Waals surface area contributed by atoms with Gasteiger partial charge in [0, 0.05) is 13.1 Å². The number of hydrogen-bond donors (Lipinski definition) is 1.